The molecule has 2 aliphatic rings. The van der Waals surface area contributed by atoms with Crippen molar-refractivity contribution < 1.29 is 17.9 Å². The summed E-state index contributed by atoms with van der Waals surface area (Å²) < 4.78 is 42.1. The van der Waals surface area contributed by atoms with Gasteiger partial charge in [-0.3, -0.25) is 9.97 Å². The predicted molar refractivity (Wildman–Crippen MR) is 112 cm³/mol. The van der Waals surface area contributed by atoms with Gasteiger partial charge in [0.05, 0.1) is 59.9 Å². The molecule has 0 aliphatic heterocycles. The number of hydrogen-bond acceptors (Lipinski definition) is 9. The van der Waals surface area contributed by atoms with Crippen molar-refractivity contribution in [1.82, 2.24) is 29.9 Å². The number of aryl methyl sites for hydroxylation is 1. The lowest BCUT2D eigenvalue weighted by Crippen LogP contribution is -2.18. The van der Waals surface area contributed by atoms with Gasteiger partial charge in [-0.1, -0.05) is 0 Å². The Morgan fingerprint density at radius 1 is 0.778 bits per heavy atom. The standard InChI is InChI=1S/C22H5F3N10O/c1-8-6-30-18-14(32-8)12(9(4-26)28-2)16-20(18)35-21-17(34-16)13(10(5-27)29-3)15-19(21)31-7-11(33-15)36-22(23,24)25/h6-7H,1H3/b12-9+,13-10-. The van der Waals surface area contributed by atoms with Gasteiger partial charge in [-0.15, -0.1) is 13.2 Å². The number of allylic oxidation sites excluding steroid dienone is 2. The van der Waals surface area contributed by atoms with Gasteiger partial charge in [0.1, 0.15) is 22.8 Å². The molecule has 0 spiro atoms. The Morgan fingerprint density at radius 2 is 1.25 bits per heavy atom. The maximum absolute atomic E-state index is 12.8. The summed E-state index contributed by atoms with van der Waals surface area (Å²) in [5.74, 6) is -0.909. The Bertz CT molecular complexity index is 1730. The number of aromatic nitrogens is 6. The minimum Gasteiger partial charge on any atom is -0.386 e. The fourth-order valence-corrected chi connectivity index (χ4v) is 3.77. The molecule has 0 amide bonds. The van der Waals surface area contributed by atoms with Gasteiger partial charge in [-0.2, -0.15) is 0 Å². The molecular weight excluding hydrogens is 477 g/mol. The molecule has 3 aromatic heterocycles. The second kappa shape index (κ2) is 7.66. The van der Waals surface area contributed by atoms with Crippen LogP contribution < -0.4 is 4.74 Å². The van der Waals surface area contributed by atoms with Crippen molar-refractivity contribution in [2.24, 2.45) is 0 Å². The van der Waals surface area contributed by atoms with E-state index in [0.717, 1.165) is 6.20 Å². The molecule has 0 atom stereocenters. The van der Waals surface area contributed by atoms with Gasteiger partial charge in [-0.25, -0.2) is 40.1 Å². The van der Waals surface area contributed by atoms with E-state index in [4.69, 9.17) is 13.1 Å². The van der Waals surface area contributed by atoms with Crippen molar-refractivity contribution in [3.8, 4) is 40.8 Å². The molecule has 0 N–H and O–H groups in total. The Morgan fingerprint density at radius 3 is 1.75 bits per heavy atom. The molecule has 0 saturated carbocycles. The van der Waals surface area contributed by atoms with Crippen LogP contribution in [0.1, 0.15) is 28.5 Å². The van der Waals surface area contributed by atoms with Crippen LogP contribution in [0.3, 0.4) is 0 Å². The number of rotatable bonds is 1. The third-order valence-electron chi connectivity index (χ3n) is 5.06. The molecule has 0 aromatic carbocycles. The molecule has 170 valence electrons. The Hall–Kier alpha value is -5.73. The van der Waals surface area contributed by atoms with Crippen LogP contribution in [0, 0.1) is 42.7 Å². The van der Waals surface area contributed by atoms with Crippen LogP contribution in [-0.4, -0.2) is 36.3 Å². The quantitative estimate of drug-likeness (QED) is 0.258. The first-order chi connectivity index (χ1) is 17.2. The number of nitriles is 2. The summed E-state index contributed by atoms with van der Waals surface area (Å²) in [5, 5.41) is 19.1. The number of hydrogen-bond donors (Lipinski definition) is 0. The first kappa shape index (κ1) is 22.1. The lowest BCUT2D eigenvalue weighted by atomic mass is 10.1. The van der Waals surface area contributed by atoms with E-state index in [1.165, 1.54) is 6.20 Å². The van der Waals surface area contributed by atoms with Gasteiger partial charge in [0.25, 0.3) is 11.4 Å². The lowest BCUT2D eigenvalue weighted by Gasteiger charge is -2.08. The monoisotopic (exact) mass is 482 g/mol. The highest BCUT2D eigenvalue weighted by molar-refractivity contribution is 6.03. The zero-order valence-corrected chi connectivity index (χ0v) is 17.7. The molecule has 5 rings (SSSR count). The smallest absolute Gasteiger partial charge is 0.386 e. The molecule has 36 heavy (non-hydrogen) atoms. The van der Waals surface area contributed by atoms with Crippen LogP contribution in [0.15, 0.2) is 23.8 Å². The Labute approximate surface area is 199 Å². The zero-order valence-electron chi connectivity index (χ0n) is 17.7. The van der Waals surface area contributed by atoms with E-state index in [1.54, 1.807) is 19.1 Å². The first-order valence-electron chi connectivity index (χ1n) is 9.65. The van der Waals surface area contributed by atoms with E-state index in [9.17, 15) is 23.7 Å². The van der Waals surface area contributed by atoms with Crippen molar-refractivity contribution in [2.75, 3.05) is 0 Å². The number of alkyl halides is 3. The van der Waals surface area contributed by atoms with E-state index in [-0.39, 0.29) is 62.4 Å². The van der Waals surface area contributed by atoms with E-state index < -0.39 is 17.9 Å². The maximum atomic E-state index is 12.8. The highest BCUT2D eigenvalue weighted by atomic mass is 19.4. The molecule has 2 aliphatic carbocycles. The number of nitrogens with zero attached hydrogens (tertiary/aromatic N) is 10. The summed E-state index contributed by atoms with van der Waals surface area (Å²) in [6.45, 7) is 16.5. The van der Waals surface area contributed by atoms with Crippen molar-refractivity contribution in [2.45, 2.75) is 13.3 Å². The van der Waals surface area contributed by atoms with Crippen molar-refractivity contribution in [3.05, 3.63) is 75.1 Å². The van der Waals surface area contributed by atoms with Crippen LogP contribution in [0.25, 0.3) is 43.6 Å². The molecule has 0 bridgehead atoms. The van der Waals surface area contributed by atoms with Crippen LogP contribution in [0.4, 0.5) is 13.2 Å². The van der Waals surface area contributed by atoms with E-state index in [0.29, 0.717) is 5.69 Å². The fraction of sp³-hybridized carbons (Fsp3) is 0.0909. The van der Waals surface area contributed by atoms with Crippen LogP contribution in [-0.2, 0) is 0 Å². The Kier molecular flexibility index (Phi) is 4.70. The van der Waals surface area contributed by atoms with Gasteiger partial charge in [0.15, 0.2) is 0 Å². The summed E-state index contributed by atoms with van der Waals surface area (Å²) in [7, 11) is 0. The minimum atomic E-state index is -5.05. The fourth-order valence-electron chi connectivity index (χ4n) is 3.77. The average molecular weight is 482 g/mol. The van der Waals surface area contributed by atoms with Gasteiger partial charge in [0, 0.05) is 17.3 Å². The molecule has 11 nitrogen and oxygen atoms in total. The van der Waals surface area contributed by atoms with E-state index in [1.807, 2.05) is 0 Å². The summed E-state index contributed by atoms with van der Waals surface area (Å²) in [4.78, 5) is 31.9. The van der Waals surface area contributed by atoms with Crippen molar-refractivity contribution in [3.63, 3.8) is 0 Å². The average Bonchev–Trinajstić information content (AvgIpc) is 3.30. The SMILES string of the molecule is [C-]#[N+]/C(C#N)=C1\c2nc(C)cnc2-c2nc3c(nc21)/C(=C(/C#N)[N+]#[C-])c1nc(OC(F)(F)F)cnc1-3. The zero-order chi connectivity index (χ0) is 25.8. The summed E-state index contributed by atoms with van der Waals surface area (Å²) in [6.07, 6.45) is -2.87. The summed E-state index contributed by atoms with van der Waals surface area (Å²) in [5.41, 5.74) is -0.233. The molecule has 3 heterocycles. The van der Waals surface area contributed by atoms with Crippen LogP contribution in [0.5, 0.6) is 5.88 Å². The lowest BCUT2D eigenvalue weighted by molar-refractivity contribution is -0.276. The van der Waals surface area contributed by atoms with Gasteiger partial charge in [0.2, 0.25) is 5.88 Å². The van der Waals surface area contributed by atoms with Crippen LogP contribution in [0.2, 0.25) is 0 Å². The second-order valence-electron chi connectivity index (χ2n) is 7.17. The van der Waals surface area contributed by atoms with Gasteiger partial charge >= 0.3 is 6.36 Å². The highest BCUT2D eigenvalue weighted by Crippen LogP contribution is 2.48. The molecule has 14 heteroatoms. The van der Waals surface area contributed by atoms with Crippen molar-refractivity contribution in [1.29, 1.82) is 10.5 Å². The first-order valence-corrected chi connectivity index (χ1v) is 9.65. The minimum absolute atomic E-state index is 0.0251. The molecular formula is C22H5F3N10O. The normalized spacial score (nSPS) is 15.2. The molecule has 3 aromatic rings. The van der Waals surface area contributed by atoms with Crippen LogP contribution >= 0.6 is 0 Å². The Balaban J connectivity index is 1.86. The summed E-state index contributed by atoms with van der Waals surface area (Å²) >= 11 is 0. The van der Waals surface area contributed by atoms with E-state index >= 15 is 0 Å². The molecule has 0 saturated heterocycles. The largest absolute Gasteiger partial charge is 0.574 e. The third kappa shape index (κ3) is 3.18. The molecule has 0 radical (unpaired) electrons. The number of halogens is 3. The van der Waals surface area contributed by atoms with Crippen molar-refractivity contribution >= 4 is 11.1 Å². The second-order valence-corrected chi connectivity index (χ2v) is 7.17. The number of fused-ring (bicyclic) bond motifs is 6. The highest BCUT2D eigenvalue weighted by Gasteiger charge is 2.40. The summed E-state index contributed by atoms with van der Waals surface area (Å²) in [6, 6.07) is 3.48. The van der Waals surface area contributed by atoms with Gasteiger partial charge in [-0.05, 0) is 6.92 Å². The predicted octanol–water partition coefficient (Wildman–Crippen LogP) is 3.63. The maximum Gasteiger partial charge on any atom is 0.574 e. The molecule has 0 unspecified atom stereocenters. The third-order valence-corrected chi connectivity index (χ3v) is 5.06. The topological polar surface area (TPSA) is 143 Å². The number of ether oxygens (including phenoxy) is 1. The molecule has 0 fully saturated rings. The van der Waals surface area contributed by atoms with E-state index in [2.05, 4.69) is 44.3 Å². The van der Waals surface area contributed by atoms with Gasteiger partial charge < -0.3 is 4.74 Å².